The van der Waals surface area contributed by atoms with Gasteiger partial charge in [-0.15, -0.1) is 0 Å². The van der Waals surface area contributed by atoms with E-state index in [0.717, 1.165) is 21.4 Å². The van der Waals surface area contributed by atoms with Gasteiger partial charge >= 0.3 is 142 Å². The summed E-state index contributed by atoms with van der Waals surface area (Å²) in [5, 5.41) is 21.3. The van der Waals surface area contributed by atoms with Gasteiger partial charge in [0.25, 0.3) is 0 Å². The molecule has 0 N–H and O–H groups in total. The molecular weight excluding hydrogens is 377 g/mol. The fourth-order valence-electron chi connectivity index (χ4n) is 2.19. The summed E-state index contributed by atoms with van der Waals surface area (Å²) in [5.41, 5.74) is 2.77. The van der Waals surface area contributed by atoms with E-state index in [9.17, 15) is 20.2 Å². The van der Waals surface area contributed by atoms with E-state index in [1.165, 1.54) is 24.3 Å². The Morgan fingerprint density at radius 3 is 1.96 bits per heavy atom. The van der Waals surface area contributed by atoms with Gasteiger partial charge in [0.15, 0.2) is 0 Å². The summed E-state index contributed by atoms with van der Waals surface area (Å²) in [6.07, 6.45) is 0.644. The first-order chi connectivity index (χ1) is 11.5. The first-order valence-corrected chi connectivity index (χ1v) is 8.80. The quantitative estimate of drug-likeness (QED) is 0.380. The fraction of sp³-hybridized carbons (Fsp3) is 0.0625. The third-order valence-electron chi connectivity index (χ3n) is 3.43. The Morgan fingerprint density at radius 2 is 1.42 bits per heavy atom. The van der Waals surface area contributed by atoms with Crippen molar-refractivity contribution in [2.45, 2.75) is 6.42 Å². The van der Waals surface area contributed by atoms with Crippen molar-refractivity contribution in [1.82, 2.24) is 4.98 Å². The van der Waals surface area contributed by atoms with Crippen LogP contribution in [-0.4, -0.2) is 29.3 Å². The minimum absolute atomic E-state index is 0.0536. The Morgan fingerprint density at radius 1 is 0.875 bits per heavy atom. The molecule has 7 nitrogen and oxygen atoms in total. The Labute approximate surface area is 142 Å². The number of nitrogens with zero attached hydrogens (tertiary/aromatic N) is 3. The molecule has 0 aliphatic rings. The SMILES string of the molecule is O=[N+]([O-])c1ccc(Cc2nc(-c3ccc([N+](=O)[O-])cc3)c[se]2)cc1. The zero-order chi connectivity index (χ0) is 17.1. The molecule has 0 aliphatic carbocycles. The molecule has 1 heterocycles. The summed E-state index contributed by atoms with van der Waals surface area (Å²) >= 11 is 0.110. The van der Waals surface area contributed by atoms with Crippen LogP contribution in [0.5, 0.6) is 0 Å². The maximum atomic E-state index is 10.7. The summed E-state index contributed by atoms with van der Waals surface area (Å²) in [4.78, 5) is 27.1. The van der Waals surface area contributed by atoms with Gasteiger partial charge in [-0.3, -0.25) is 0 Å². The molecule has 0 atom stereocenters. The van der Waals surface area contributed by atoms with Crippen LogP contribution < -0.4 is 0 Å². The number of hydrogen-bond acceptors (Lipinski definition) is 5. The van der Waals surface area contributed by atoms with Crippen LogP contribution in [0.2, 0.25) is 0 Å². The van der Waals surface area contributed by atoms with E-state index in [4.69, 9.17) is 0 Å². The molecule has 8 heteroatoms. The van der Waals surface area contributed by atoms with Crippen molar-refractivity contribution in [3.63, 3.8) is 0 Å². The Bertz CT molecular complexity index is 888. The zero-order valence-electron chi connectivity index (χ0n) is 12.3. The maximum absolute atomic E-state index is 10.7. The van der Waals surface area contributed by atoms with E-state index < -0.39 is 9.85 Å². The monoisotopic (exact) mass is 389 g/mol. The molecular formula is C16H11N3O4Se. The van der Waals surface area contributed by atoms with Crippen molar-refractivity contribution in [2.24, 2.45) is 0 Å². The van der Waals surface area contributed by atoms with Gasteiger partial charge in [-0.25, -0.2) is 0 Å². The third kappa shape index (κ3) is 3.56. The first kappa shape index (κ1) is 16.0. The summed E-state index contributed by atoms with van der Waals surface area (Å²) in [6.45, 7) is 0. The molecule has 0 unspecified atom stereocenters. The van der Waals surface area contributed by atoms with Gasteiger partial charge in [0.1, 0.15) is 0 Å². The van der Waals surface area contributed by atoms with Gasteiger partial charge in [0, 0.05) is 0 Å². The topological polar surface area (TPSA) is 99.2 Å². The number of benzene rings is 2. The summed E-state index contributed by atoms with van der Waals surface area (Å²) in [6, 6.07) is 12.8. The molecule has 0 radical (unpaired) electrons. The number of nitro benzene ring substituents is 2. The normalized spacial score (nSPS) is 10.5. The van der Waals surface area contributed by atoms with Crippen LogP contribution in [0.25, 0.3) is 11.3 Å². The van der Waals surface area contributed by atoms with E-state index in [1.54, 1.807) is 24.3 Å². The molecule has 0 spiro atoms. The standard InChI is InChI=1S/C16H11N3O4Se/c20-18(21)13-5-1-11(2-6-13)9-16-17-15(10-24-16)12-3-7-14(8-4-12)19(22)23/h1-8,10H,9H2. The second-order valence-corrected chi connectivity index (χ2v) is 7.01. The van der Waals surface area contributed by atoms with E-state index in [0.29, 0.717) is 6.42 Å². The van der Waals surface area contributed by atoms with Gasteiger partial charge in [-0.2, -0.15) is 0 Å². The molecule has 0 aliphatic heterocycles. The number of rotatable bonds is 5. The van der Waals surface area contributed by atoms with Gasteiger partial charge < -0.3 is 0 Å². The molecule has 3 aromatic rings. The minimum atomic E-state index is -0.431. The second-order valence-electron chi connectivity index (χ2n) is 5.03. The van der Waals surface area contributed by atoms with E-state index in [2.05, 4.69) is 4.98 Å². The van der Waals surface area contributed by atoms with Gasteiger partial charge in [-0.05, 0) is 0 Å². The Balaban J connectivity index is 1.75. The van der Waals surface area contributed by atoms with Crippen LogP contribution in [0.3, 0.4) is 0 Å². The van der Waals surface area contributed by atoms with Gasteiger partial charge in [0.05, 0.1) is 0 Å². The van der Waals surface area contributed by atoms with E-state index in [-0.39, 0.29) is 25.9 Å². The number of aromatic nitrogens is 1. The molecule has 0 amide bonds. The Kier molecular flexibility index (Phi) is 4.50. The molecule has 1 aromatic heterocycles. The molecule has 0 saturated carbocycles. The van der Waals surface area contributed by atoms with Crippen LogP contribution in [0.15, 0.2) is 53.5 Å². The summed E-state index contributed by atoms with van der Waals surface area (Å²) < 4.78 is 1.02. The number of hydrogen-bond donors (Lipinski definition) is 0. The predicted molar refractivity (Wildman–Crippen MR) is 89.2 cm³/mol. The van der Waals surface area contributed by atoms with Crippen molar-refractivity contribution in [1.29, 1.82) is 0 Å². The Hall–Kier alpha value is -2.83. The van der Waals surface area contributed by atoms with Crippen molar-refractivity contribution in [2.75, 3.05) is 0 Å². The molecule has 0 saturated heterocycles. The van der Waals surface area contributed by atoms with Crippen LogP contribution in [0.4, 0.5) is 11.4 Å². The third-order valence-corrected chi connectivity index (χ3v) is 5.21. The summed E-state index contributed by atoms with van der Waals surface area (Å²) in [7, 11) is 0. The molecule has 120 valence electrons. The van der Waals surface area contributed by atoms with Crippen LogP contribution >= 0.6 is 0 Å². The number of nitro groups is 2. The average Bonchev–Trinajstić information content (AvgIpc) is 3.04. The molecule has 0 bridgehead atoms. The van der Waals surface area contributed by atoms with Crippen molar-refractivity contribution in [3.05, 3.63) is 83.8 Å². The molecule has 24 heavy (non-hydrogen) atoms. The molecule has 2 aromatic carbocycles. The molecule has 3 rings (SSSR count). The number of non-ortho nitro benzene ring substituents is 2. The van der Waals surface area contributed by atoms with Crippen molar-refractivity contribution < 1.29 is 9.85 Å². The van der Waals surface area contributed by atoms with E-state index >= 15 is 0 Å². The van der Waals surface area contributed by atoms with Crippen molar-refractivity contribution >= 4 is 25.9 Å². The van der Waals surface area contributed by atoms with Gasteiger partial charge in [0.2, 0.25) is 0 Å². The fourth-order valence-corrected chi connectivity index (χ4v) is 3.95. The van der Waals surface area contributed by atoms with E-state index in [1.807, 2.05) is 4.94 Å². The predicted octanol–water partition coefficient (Wildman–Crippen LogP) is 3.21. The van der Waals surface area contributed by atoms with Crippen LogP contribution in [0, 0.1) is 20.2 Å². The van der Waals surface area contributed by atoms with Crippen LogP contribution in [0.1, 0.15) is 10.1 Å². The first-order valence-electron chi connectivity index (χ1n) is 6.95. The second kappa shape index (κ2) is 6.74. The zero-order valence-corrected chi connectivity index (χ0v) is 14.0. The van der Waals surface area contributed by atoms with Crippen LogP contribution in [-0.2, 0) is 6.42 Å². The summed E-state index contributed by atoms with van der Waals surface area (Å²) in [5.74, 6) is 0. The van der Waals surface area contributed by atoms with Crippen molar-refractivity contribution in [3.8, 4) is 11.3 Å². The van der Waals surface area contributed by atoms with Gasteiger partial charge in [-0.1, -0.05) is 0 Å². The molecule has 0 fully saturated rings. The average molecular weight is 388 g/mol.